The highest BCUT2D eigenvalue weighted by Gasteiger charge is 2.09. The van der Waals surface area contributed by atoms with Crippen LogP contribution in [-0.2, 0) is 11.3 Å². The Bertz CT molecular complexity index is 408. The lowest BCUT2D eigenvalue weighted by Gasteiger charge is -2.13. The molecule has 0 aliphatic heterocycles. The summed E-state index contributed by atoms with van der Waals surface area (Å²) >= 11 is 3.39. The van der Waals surface area contributed by atoms with E-state index in [1.807, 2.05) is 31.3 Å². The first-order valence-corrected chi connectivity index (χ1v) is 6.17. The zero-order chi connectivity index (χ0) is 12.7. The molecule has 1 amide bonds. The molecular formula is C13H16BrN2O+. The van der Waals surface area contributed by atoms with Gasteiger partial charge in [0.25, 0.3) is 5.91 Å². The van der Waals surface area contributed by atoms with Gasteiger partial charge in [0.1, 0.15) is 6.54 Å². The van der Waals surface area contributed by atoms with Crippen LogP contribution in [0.3, 0.4) is 0 Å². The minimum absolute atomic E-state index is 0.0161. The van der Waals surface area contributed by atoms with Gasteiger partial charge in [0, 0.05) is 10.0 Å². The molecule has 1 aromatic rings. The van der Waals surface area contributed by atoms with Gasteiger partial charge < -0.3 is 10.2 Å². The van der Waals surface area contributed by atoms with Crippen LogP contribution in [0.4, 0.5) is 0 Å². The predicted molar refractivity (Wildman–Crippen MR) is 71.4 cm³/mol. The van der Waals surface area contributed by atoms with Crippen LogP contribution < -0.4 is 10.2 Å². The number of carbonyl (C=O) groups excluding carboxylic acids is 1. The third-order valence-corrected chi connectivity index (χ3v) is 2.80. The van der Waals surface area contributed by atoms with E-state index in [0.717, 1.165) is 15.9 Å². The molecule has 0 saturated heterocycles. The van der Waals surface area contributed by atoms with E-state index < -0.39 is 0 Å². The van der Waals surface area contributed by atoms with Gasteiger partial charge in [-0.05, 0) is 12.1 Å². The molecule has 0 aliphatic carbocycles. The van der Waals surface area contributed by atoms with Crippen LogP contribution in [0.15, 0.2) is 28.7 Å². The first kappa shape index (κ1) is 13.8. The van der Waals surface area contributed by atoms with Gasteiger partial charge in [-0.2, -0.15) is 0 Å². The van der Waals surface area contributed by atoms with Gasteiger partial charge in [0.05, 0.1) is 13.6 Å². The van der Waals surface area contributed by atoms with Crippen molar-refractivity contribution < 1.29 is 9.69 Å². The molecule has 17 heavy (non-hydrogen) atoms. The lowest BCUT2D eigenvalue weighted by molar-refractivity contribution is -0.885. The quantitative estimate of drug-likeness (QED) is 0.749. The van der Waals surface area contributed by atoms with Crippen molar-refractivity contribution in [3.8, 4) is 12.3 Å². The molecule has 0 aromatic heterocycles. The summed E-state index contributed by atoms with van der Waals surface area (Å²) in [7, 11) is 1.98. The average molecular weight is 296 g/mol. The topological polar surface area (TPSA) is 33.5 Å². The predicted octanol–water partition coefficient (Wildman–Crippen LogP) is 0.213. The highest BCUT2D eigenvalue weighted by Crippen LogP contribution is 2.09. The molecule has 1 atom stereocenters. The summed E-state index contributed by atoms with van der Waals surface area (Å²) in [6, 6.07) is 8.10. The van der Waals surface area contributed by atoms with Crippen LogP contribution in [0.25, 0.3) is 0 Å². The Labute approximate surface area is 110 Å². The molecule has 3 nitrogen and oxygen atoms in total. The number of likely N-dealkylation sites (N-methyl/N-ethyl adjacent to an activating group) is 1. The zero-order valence-electron chi connectivity index (χ0n) is 9.79. The maximum atomic E-state index is 11.4. The van der Waals surface area contributed by atoms with E-state index in [0.29, 0.717) is 13.1 Å². The van der Waals surface area contributed by atoms with E-state index in [4.69, 9.17) is 6.42 Å². The van der Waals surface area contributed by atoms with Gasteiger partial charge in [-0.1, -0.05) is 34.0 Å². The molecular weight excluding hydrogens is 280 g/mol. The number of quaternary nitrogens is 1. The van der Waals surface area contributed by atoms with Crippen LogP contribution >= 0.6 is 15.9 Å². The second-order valence-corrected chi connectivity index (χ2v) is 4.83. The van der Waals surface area contributed by atoms with E-state index in [9.17, 15) is 4.79 Å². The maximum absolute atomic E-state index is 11.4. The molecule has 2 N–H and O–H groups in total. The van der Waals surface area contributed by atoms with Gasteiger partial charge in [-0.25, -0.2) is 0 Å². The molecule has 4 heteroatoms. The van der Waals surface area contributed by atoms with E-state index in [-0.39, 0.29) is 5.91 Å². The summed E-state index contributed by atoms with van der Waals surface area (Å²) in [5.74, 6) is 2.37. The average Bonchev–Trinajstić information content (AvgIpc) is 2.29. The summed E-state index contributed by atoms with van der Waals surface area (Å²) in [5.41, 5.74) is 1.20. The van der Waals surface area contributed by atoms with Crippen molar-refractivity contribution in [2.24, 2.45) is 0 Å². The van der Waals surface area contributed by atoms with Crippen molar-refractivity contribution in [1.82, 2.24) is 5.32 Å². The van der Waals surface area contributed by atoms with Crippen molar-refractivity contribution in [2.45, 2.75) is 6.54 Å². The normalized spacial score (nSPS) is 11.6. The molecule has 0 bridgehead atoms. The minimum Gasteiger partial charge on any atom is -0.340 e. The minimum atomic E-state index is -0.0161. The maximum Gasteiger partial charge on any atom is 0.275 e. The van der Waals surface area contributed by atoms with Crippen molar-refractivity contribution in [3.63, 3.8) is 0 Å². The Hall–Kier alpha value is -1.31. The monoisotopic (exact) mass is 295 g/mol. The summed E-state index contributed by atoms with van der Waals surface area (Å²) in [5, 5.41) is 2.65. The smallest absolute Gasteiger partial charge is 0.275 e. The van der Waals surface area contributed by atoms with Crippen LogP contribution in [0.2, 0.25) is 0 Å². The van der Waals surface area contributed by atoms with Gasteiger partial charge in [-0.15, -0.1) is 6.42 Å². The Kier molecular flexibility index (Phi) is 5.75. The Morgan fingerprint density at radius 1 is 1.47 bits per heavy atom. The molecule has 1 unspecified atom stereocenters. The lowest BCUT2D eigenvalue weighted by Crippen LogP contribution is -3.08. The highest BCUT2D eigenvalue weighted by molar-refractivity contribution is 9.10. The number of benzene rings is 1. The molecule has 0 fully saturated rings. The number of hydrogen-bond acceptors (Lipinski definition) is 1. The molecule has 0 radical (unpaired) electrons. The lowest BCUT2D eigenvalue weighted by atomic mass is 10.2. The van der Waals surface area contributed by atoms with Crippen molar-refractivity contribution in [1.29, 1.82) is 0 Å². The summed E-state index contributed by atoms with van der Waals surface area (Å²) < 4.78 is 1.06. The first-order valence-electron chi connectivity index (χ1n) is 5.37. The number of hydrogen-bond donors (Lipinski definition) is 2. The highest BCUT2D eigenvalue weighted by atomic mass is 79.9. The fourth-order valence-electron chi connectivity index (χ4n) is 1.50. The molecule has 0 saturated carbocycles. The van der Waals surface area contributed by atoms with Gasteiger partial charge in [0.15, 0.2) is 6.54 Å². The summed E-state index contributed by atoms with van der Waals surface area (Å²) in [4.78, 5) is 12.5. The van der Waals surface area contributed by atoms with E-state index >= 15 is 0 Å². The molecule has 0 aliphatic rings. The SMILES string of the molecule is C#CCNC(=O)C[NH+](C)Cc1ccc(Br)cc1. The Morgan fingerprint density at radius 2 is 2.12 bits per heavy atom. The van der Waals surface area contributed by atoms with Crippen LogP contribution in [0, 0.1) is 12.3 Å². The largest absolute Gasteiger partial charge is 0.340 e. The molecule has 0 heterocycles. The van der Waals surface area contributed by atoms with Crippen LogP contribution in [0.1, 0.15) is 5.56 Å². The van der Waals surface area contributed by atoms with Gasteiger partial charge >= 0.3 is 0 Å². The zero-order valence-corrected chi connectivity index (χ0v) is 11.4. The Balaban J connectivity index is 2.39. The van der Waals surface area contributed by atoms with E-state index in [2.05, 4.69) is 27.2 Å². The standard InChI is InChI=1S/C13H15BrN2O/c1-3-8-15-13(17)10-16(2)9-11-4-6-12(14)7-5-11/h1,4-7H,8-10H2,2H3,(H,15,17)/p+1. The second kappa shape index (κ2) is 7.10. The first-order chi connectivity index (χ1) is 8.11. The molecule has 90 valence electrons. The molecule has 1 rings (SSSR count). The van der Waals surface area contributed by atoms with E-state index in [1.54, 1.807) is 0 Å². The van der Waals surface area contributed by atoms with Crippen molar-refractivity contribution >= 4 is 21.8 Å². The second-order valence-electron chi connectivity index (χ2n) is 3.92. The molecule has 1 aromatic carbocycles. The fraction of sp³-hybridized carbons (Fsp3) is 0.308. The molecule has 0 spiro atoms. The number of amides is 1. The summed E-state index contributed by atoms with van der Waals surface area (Å²) in [6.45, 7) is 1.54. The summed E-state index contributed by atoms with van der Waals surface area (Å²) in [6.07, 6.45) is 5.07. The number of rotatable bonds is 5. The third kappa shape index (κ3) is 5.53. The third-order valence-electron chi connectivity index (χ3n) is 2.27. The van der Waals surface area contributed by atoms with Gasteiger partial charge in [0.2, 0.25) is 0 Å². The fourth-order valence-corrected chi connectivity index (χ4v) is 1.76. The van der Waals surface area contributed by atoms with Crippen molar-refractivity contribution in [2.75, 3.05) is 20.1 Å². The number of halogens is 1. The Morgan fingerprint density at radius 3 is 2.71 bits per heavy atom. The van der Waals surface area contributed by atoms with Crippen LogP contribution in [0.5, 0.6) is 0 Å². The number of nitrogens with one attached hydrogen (secondary N) is 2. The van der Waals surface area contributed by atoms with Crippen molar-refractivity contribution in [3.05, 3.63) is 34.3 Å². The van der Waals surface area contributed by atoms with Gasteiger partial charge in [-0.3, -0.25) is 4.79 Å². The van der Waals surface area contributed by atoms with Crippen LogP contribution in [-0.4, -0.2) is 26.0 Å². The van der Waals surface area contributed by atoms with E-state index in [1.165, 1.54) is 5.56 Å². The number of carbonyl (C=O) groups is 1. The number of terminal acetylenes is 1.